The molecule has 1 aromatic heterocycles. The van der Waals surface area contributed by atoms with E-state index in [4.69, 9.17) is 23.2 Å². The summed E-state index contributed by atoms with van der Waals surface area (Å²) in [4.78, 5) is 9.75. The van der Waals surface area contributed by atoms with Crippen molar-refractivity contribution in [3.05, 3.63) is 49.9 Å². The largest absolute Gasteiger partial charge is 0.356 e. The van der Waals surface area contributed by atoms with E-state index in [9.17, 15) is 0 Å². The van der Waals surface area contributed by atoms with E-state index in [1.807, 2.05) is 18.3 Å². The predicted octanol–water partition coefficient (Wildman–Crippen LogP) is 4.06. The van der Waals surface area contributed by atoms with Gasteiger partial charge < -0.3 is 10.6 Å². The standard InChI is InChI=1S/C16H20Cl2N4S/c1-11-9-21-15(23-11)10-22-16(19-2)20-7-3-4-12-5-6-13(17)8-14(12)18/h5-6,8-9H,3-4,7,10H2,1-2H3,(H2,19,20,22). The van der Waals surface area contributed by atoms with E-state index < -0.39 is 0 Å². The number of halogens is 2. The quantitative estimate of drug-likeness (QED) is 0.458. The summed E-state index contributed by atoms with van der Waals surface area (Å²) >= 11 is 13.8. The fourth-order valence-electron chi connectivity index (χ4n) is 2.07. The Hall–Kier alpha value is -1.30. The monoisotopic (exact) mass is 370 g/mol. The number of aliphatic imine (C=N–C) groups is 1. The zero-order chi connectivity index (χ0) is 16.7. The smallest absolute Gasteiger partial charge is 0.191 e. The second-order valence-electron chi connectivity index (χ2n) is 5.06. The molecule has 124 valence electrons. The van der Waals surface area contributed by atoms with Gasteiger partial charge in [0, 0.05) is 34.7 Å². The van der Waals surface area contributed by atoms with Gasteiger partial charge >= 0.3 is 0 Å². The Bertz CT molecular complexity index is 670. The van der Waals surface area contributed by atoms with Gasteiger partial charge in [-0.25, -0.2) is 4.98 Å². The zero-order valence-corrected chi connectivity index (χ0v) is 15.5. The Kier molecular flexibility index (Phi) is 7.15. The van der Waals surface area contributed by atoms with Crippen molar-refractivity contribution in [3.8, 4) is 0 Å². The number of thiazole rings is 1. The maximum atomic E-state index is 6.17. The molecule has 0 fully saturated rings. The highest BCUT2D eigenvalue weighted by molar-refractivity contribution is 7.11. The third-order valence-electron chi connectivity index (χ3n) is 3.23. The van der Waals surface area contributed by atoms with Crippen molar-refractivity contribution in [1.29, 1.82) is 0 Å². The molecule has 0 aliphatic carbocycles. The Morgan fingerprint density at radius 2 is 2.13 bits per heavy atom. The minimum atomic E-state index is 0.666. The number of nitrogens with one attached hydrogen (secondary N) is 2. The highest BCUT2D eigenvalue weighted by Gasteiger charge is 2.03. The molecule has 1 aromatic carbocycles. The van der Waals surface area contributed by atoms with Gasteiger partial charge in [0.25, 0.3) is 0 Å². The van der Waals surface area contributed by atoms with Crippen LogP contribution in [0.15, 0.2) is 29.4 Å². The van der Waals surface area contributed by atoms with Crippen LogP contribution < -0.4 is 10.6 Å². The van der Waals surface area contributed by atoms with Gasteiger partial charge in [0.1, 0.15) is 5.01 Å². The van der Waals surface area contributed by atoms with Crippen molar-refractivity contribution in [2.75, 3.05) is 13.6 Å². The second kappa shape index (κ2) is 9.11. The van der Waals surface area contributed by atoms with Crippen molar-refractivity contribution >= 4 is 40.5 Å². The topological polar surface area (TPSA) is 49.3 Å². The predicted molar refractivity (Wildman–Crippen MR) is 99.8 cm³/mol. The normalized spacial score (nSPS) is 11.6. The van der Waals surface area contributed by atoms with Crippen molar-refractivity contribution < 1.29 is 0 Å². The molecule has 0 aliphatic heterocycles. The summed E-state index contributed by atoms with van der Waals surface area (Å²) in [6, 6.07) is 5.62. The van der Waals surface area contributed by atoms with Crippen LogP contribution in [0.25, 0.3) is 0 Å². The van der Waals surface area contributed by atoms with Gasteiger partial charge in [0.05, 0.1) is 6.54 Å². The molecule has 2 aromatic rings. The van der Waals surface area contributed by atoms with Crippen LogP contribution in [0.1, 0.15) is 21.9 Å². The molecule has 0 saturated heterocycles. The molecular weight excluding hydrogens is 351 g/mol. The molecule has 2 rings (SSSR count). The number of benzene rings is 1. The molecule has 0 amide bonds. The summed E-state index contributed by atoms with van der Waals surface area (Å²) in [6.45, 7) is 3.55. The van der Waals surface area contributed by atoms with E-state index in [1.54, 1.807) is 24.5 Å². The number of rotatable bonds is 6. The fourth-order valence-corrected chi connectivity index (χ4v) is 3.30. The lowest BCUT2D eigenvalue weighted by Gasteiger charge is -2.11. The molecule has 2 N–H and O–H groups in total. The number of nitrogens with zero attached hydrogens (tertiary/aromatic N) is 2. The Balaban J connectivity index is 1.71. The van der Waals surface area contributed by atoms with E-state index in [2.05, 4.69) is 27.5 Å². The molecule has 23 heavy (non-hydrogen) atoms. The van der Waals surface area contributed by atoms with Crippen LogP contribution in [0, 0.1) is 6.92 Å². The summed E-state index contributed by atoms with van der Waals surface area (Å²) in [6.07, 6.45) is 3.73. The Morgan fingerprint density at radius 3 is 2.78 bits per heavy atom. The van der Waals surface area contributed by atoms with E-state index >= 15 is 0 Å². The minimum absolute atomic E-state index is 0.666. The van der Waals surface area contributed by atoms with Crippen LogP contribution in [-0.2, 0) is 13.0 Å². The van der Waals surface area contributed by atoms with Gasteiger partial charge in [0.15, 0.2) is 5.96 Å². The van der Waals surface area contributed by atoms with Gasteiger partial charge in [-0.15, -0.1) is 11.3 Å². The third kappa shape index (κ3) is 6.01. The minimum Gasteiger partial charge on any atom is -0.356 e. The van der Waals surface area contributed by atoms with Crippen LogP contribution in [0.2, 0.25) is 10.0 Å². The number of guanidine groups is 1. The summed E-state index contributed by atoms with van der Waals surface area (Å²) in [5.74, 6) is 0.778. The van der Waals surface area contributed by atoms with Gasteiger partial charge in [0.2, 0.25) is 0 Å². The number of aromatic nitrogens is 1. The molecule has 0 spiro atoms. The molecule has 7 heteroatoms. The van der Waals surface area contributed by atoms with Crippen molar-refractivity contribution in [2.24, 2.45) is 4.99 Å². The first kappa shape index (κ1) is 18.0. The summed E-state index contributed by atoms with van der Waals surface area (Å²) < 4.78 is 0. The molecule has 4 nitrogen and oxygen atoms in total. The summed E-state index contributed by atoms with van der Waals surface area (Å²) in [5.41, 5.74) is 1.11. The van der Waals surface area contributed by atoms with Crippen LogP contribution in [0.5, 0.6) is 0 Å². The summed E-state index contributed by atoms with van der Waals surface area (Å²) in [5, 5.41) is 9.00. The number of hydrogen-bond acceptors (Lipinski definition) is 3. The SMILES string of the molecule is CN=C(NCCCc1ccc(Cl)cc1Cl)NCc1ncc(C)s1. The molecule has 0 bridgehead atoms. The number of hydrogen-bond donors (Lipinski definition) is 2. The lowest BCUT2D eigenvalue weighted by molar-refractivity contribution is 0.741. The fraction of sp³-hybridized carbons (Fsp3) is 0.375. The average Bonchev–Trinajstić information content (AvgIpc) is 2.94. The molecule has 0 aliphatic rings. The lowest BCUT2D eigenvalue weighted by atomic mass is 10.1. The first-order valence-corrected chi connectivity index (χ1v) is 8.95. The third-order valence-corrected chi connectivity index (χ3v) is 4.73. The molecule has 0 unspecified atom stereocenters. The van der Waals surface area contributed by atoms with E-state index in [0.717, 1.165) is 40.9 Å². The maximum Gasteiger partial charge on any atom is 0.191 e. The van der Waals surface area contributed by atoms with Crippen molar-refractivity contribution in [1.82, 2.24) is 15.6 Å². The van der Waals surface area contributed by atoms with Crippen LogP contribution in [-0.4, -0.2) is 24.5 Å². The molecule has 1 heterocycles. The van der Waals surface area contributed by atoms with Gasteiger partial charge in [-0.2, -0.15) is 0 Å². The average molecular weight is 371 g/mol. The van der Waals surface area contributed by atoms with Crippen LogP contribution >= 0.6 is 34.5 Å². The van der Waals surface area contributed by atoms with Crippen LogP contribution in [0.4, 0.5) is 0 Å². The van der Waals surface area contributed by atoms with E-state index in [-0.39, 0.29) is 0 Å². The highest BCUT2D eigenvalue weighted by Crippen LogP contribution is 2.21. The Labute approximate surface area is 151 Å². The maximum absolute atomic E-state index is 6.17. The van der Waals surface area contributed by atoms with E-state index in [0.29, 0.717) is 11.6 Å². The lowest BCUT2D eigenvalue weighted by Crippen LogP contribution is -2.37. The van der Waals surface area contributed by atoms with Gasteiger partial charge in [-0.05, 0) is 37.5 Å². The molecular formula is C16H20Cl2N4S. The first-order chi connectivity index (χ1) is 11.1. The first-order valence-electron chi connectivity index (χ1n) is 7.38. The Morgan fingerprint density at radius 1 is 1.30 bits per heavy atom. The highest BCUT2D eigenvalue weighted by atomic mass is 35.5. The zero-order valence-electron chi connectivity index (χ0n) is 13.2. The van der Waals surface area contributed by atoms with Crippen molar-refractivity contribution in [3.63, 3.8) is 0 Å². The number of aryl methyl sites for hydroxylation is 2. The van der Waals surface area contributed by atoms with Gasteiger partial charge in [-0.3, -0.25) is 4.99 Å². The summed E-state index contributed by atoms with van der Waals surface area (Å²) in [7, 11) is 1.76. The molecule has 0 saturated carbocycles. The van der Waals surface area contributed by atoms with Crippen molar-refractivity contribution in [2.45, 2.75) is 26.3 Å². The second-order valence-corrected chi connectivity index (χ2v) is 7.22. The van der Waals surface area contributed by atoms with Crippen LogP contribution in [0.3, 0.4) is 0 Å². The van der Waals surface area contributed by atoms with E-state index in [1.165, 1.54) is 4.88 Å². The van der Waals surface area contributed by atoms with Gasteiger partial charge in [-0.1, -0.05) is 29.3 Å². The molecule has 0 radical (unpaired) electrons. The molecule has 0 atom stereocenters.